The monoisotopic (exact) mass is 878 g/mol. The zero-order valence-electron chi connectivity index (χ0n) is 39.9. The van der Waals surface area contributed by atoms with Gasteiger partial charge >= 0.3 is 0 Å². The molecule has 1 atom stereocenters. The standard InChI is InChI=1S/C66H58Si/c1-44-38-57(51-26-14-8-15-27-51)41-60(54-32-20-11-21-33-54)63(44)67(66-49(6)47(4)48(5)50(66)7,64-45(2)39-58(52-28-16-9-17-29-52)42-61(64)55-34-22-12-23-35-55)65-46(3)40-59(53-30-18-10-19-31-53)43-62(65)56-36-24-13-25-37-56/h8-43,49H,1-7H3. The molecule has 0 aromatic heterocycles. The van der Waals surface area contributed by atoms with Crippen LogP contribution in [0.1, 0.15) is 44.4 Å². The SMILES string of the molecule is CC1=C(C)C(C)C([Si](c2c(C)cc(-c3ccccc3)cc2-c2ccccc2)(c2c(C)cc(-c3ccccc3)cc2-c2ccccc2)c2c(C)cc(-c3ccccc3)cc2-c2ccccc2)=C1C. The molecule has 67 heavy (non-hydrogen) atoms. The Morgan fingerprint density at radius 1 is 0.284 bits per heavy atom. The van der Waals surface area contributed by atoms with Crippen LogP contribution in [0.4, 0.5) is 0 Å². The molecular formula is C66H58Si. The van der Waals surface area contributed by atoms with Gasteiger partial charge in [-0.2, -0.15) is 0 Å². The van der Waals surface area contributed by atoms with Crippen LogP contribution in [-0.4, -0.2) is 8.07 Å². The number of rotatable bonds is 10. The van der Waals surface area contributed by atoms with Gasteiger partial charge in [0.15, 0.2) is 8.07 Å². The Morgan fingerprint density at radius 3 is 0.776 bits per heavy atom. The summed E-state index contributed by atoms with van der Waals surface area (Å²) in [6.45, 7) is 17.0. The Hall–Kier alpha value is -7.32. The minimum absolute atomic E-state index is 0.192. The zero-order valence-corrected chi connectivity index (χ0v) is 40.9. The first-order valence-corrected chi connectivity index (χ1v) is 25.8. The fourth-order valence-corrected chi connectivity index (χ4v) is 18.6. The summed E-state index contributed by atoms with van der Waals surface area (Å²) in [6, 6.07) is 81.9. The van der Waals surface area contributed by atoms with E-state index < -0.39 is 8.07 Å². The summed E-state index contributed by atoms with van der Waals surface area (Å²) in [4.78, 5) is 0. The van der Waals surface area contributed by atoms with Gasteiger partial charge in [-0.05, 0) is 170 Å². The Bertz CT molecular complexity index is 2990. The molecule has 0 heterocycles. The van der Waals surface area contributed by atoms with Crippen LogP contribution in [0.15, 0.2) is 240 Å². The van der Waals surface area contributed by atoms with Crippen LogP contribution in [0.25, 0.3) is 66.8 Å². The number of hydrogen-bond acceptors (Lipinski definition) is 0. The quantitative estimate of drug-likeness (QED) is 0.0948. The molecule has 0 aliphatic heterocycles. The van der Waals surface area contributed by atoms with Gasteiger partial charge < -0.3 is 0 Å². The van der Waals surface area contributed by atoms with Crippen LogP contribution in [0.3, 0.4) is 0 Å². The first-order valence-electron chi connectivity index (χ1n) is 23.8. The van der Waals surface area contributed by atoms with Crippen molar-refractivity contribution < 1.29 is 0 Å². The zero-order chi connectivity index (χ0) is 46.2. The minimum atomic E-state index is -3.55. The van der Waals surface area contributed by atoms with Crippen molar-refractivity contribution in [2.24, 2.45) is 5.92 Å². The lowest BCUT2D eigenvalue weighted by molar-refractivity contribution is 0.851. The fraction of sp³-hybridized carbons (Fsp3) is 0.121. The van der Waals surface area contributed by atoms with E-state index in [-0.39, 0.29) is 5.92 Å². The summed E-state index contributed by atoms with van der Waals surface area (Å²) in [6.07, 6.45) is 0. The molecule has 0 saturated heterocycles. The highest BCUT2D eigenvalue weighted by atomic mass is 28.3. The van der Waals surface area contributed by atoms with Crippen LogP contribution in [0.5, 0.6) is 0 Å². The van der Waals surface area contributed by atoms with Crippen LogP contribution < -0.4 is 15.6 Å². The molecule has 9 aromatic carbocycles. The highest BCUT2D eigenvalue weighted by Crippen LogP contribution is 2.46. The second kappa shape index (κ2) is 18.2. The highest BCUT2D eigenvalue weighted by molar-refractivity contribution is 7.18. The molecule has 326 valence electrons. The van der Waals surface area contributed by atoms with Gasteiger partial charge in [0.1, 0.15) is 0 Å². The number of allylic oxidation sites excluding steroid dienone is 4. The maximum absolute atomic E-state index is 3.55. The summed E-state index contributed by atoms with van der Waals surface area (Å²) in [5.41, 5.74) is 23.2. The van der Waals surface area contributed by atoms with Crippen molar-refractivity contribution in [1.82, 2.24) is 0 Å². The molecule has 10 rings (SSSR count). The largest absolute Gasteiger partial charge is 0.179 e. The second-order valence-electron chi connectivity index (χ2n) is 18.7. The summed E-state index contributed by atoms with van der Waals surface area (Å²) >= 11 is 0. The molecule has 0 amide bonds. The van der Waals surface area contributed by atoms with E-state index >= 15 is 0 Å². The summed E-state index contributed by atoms with van der Waals surface area (Å²) in [7, 11) is -3.55. The molecule has 1 aliphatic rings. The average molecular weight is 879 g/mol. The third-order valence-corrected chi connectivity index (χ3v) is 20.6. The second-order valence-corrected chi connectivity index (χ2v) is 22.2. The average Bonchev–Trinajstić information content (AvgIpc) is 3.57. The van der Waals surface area contributed by atoms with Gasteiger partial charge in [-0.3, -0.25) is 0 Å². The van der Waals surface area contributed by atoms with Gasteiger partial charge in [-0.1, -0.05) is 223 Å². The van der Waals surface area contributed by atoms with Gasteiger partial charge in [-0.25, -0.2) is 0 Å². The van der Waals surface area contributed by atoms with Crippen LogP contribution in [0.2, 0.25) is 0 Å². The third kappa shape index (κ3) is 7.68. The molecular weight excluding hydrogens is 821 g/mol. The van der Waals surface area contributed by atoms with E-state index in [0.29, 0.717) is 0 Å². The molecule has 1 aliphatic carbocycles. The topological polar surface area (TPSA) is 0 Å². The van der Waals surface area contributed by atoms with Gasteiger partial charge in [-0.15, -0.1) is 0 Å². The van der Waals surface area contributed by atoms with Crippen molar-refractivity contribution in [3.8, 4) is 66.8 Å². The van der Waals surface area contributed by atoms with Gasteiger partial charge in [0.05, 0.1) is 0 Å². The molecule has 1 heteroatoms. The smallest absolute Gasteiger partial charge is 0.0636 e. The summed E-state index contributed by atoms with van der Waals surface area (Å²) in [5, 5.41) is 5.96. The van der Waals surface area contributed by atoms with E-state index in [0.717, 1.165) is 0 Å². The Labute approximate surface area is 399 Å². The predicted molar refractivity (Wildman–Crippen MR) is 291 cm³/mol. The van der Waals surface area contributed by atoms with Crippen molar-refractivity contribution in [3.63, 3.8) is 0 Å². The number of aryl methyl sites for hydroxylation is 3. The Kier molecular flexibility index (Phi) is 11.8. The highest BCUT2D eigenvalue weighted by Gasteiger charge is 2.53. The third-order valence-electron chi connectivity index (χ3n) is 14.8. The molecule has 0 saturated carbocycles. The van der Waals surface area contributed by atoms with E-state index in [1.165, 1.54) is 116 Å². The Balaban J connectivity index is 1.50. The van der Waals surface area contributed by atoms with E-state index in [2.05, 4.69) is 267 Å². The predicted octanol–water partition coefficient (Wildman–Crippen LogP) is 15.9. The minimum Gasteiger partial charge on any atom is -0.0636 e. The molecule has 0 N–H and O–H groups in total. The van der Waals surface area contributed by atoms with Crippen molar-refractivity contribution in [2.75, 3.05) is 0 Å². The Morgan fingerprint density at radius 2 is 0.537 bits per heavy atom. The van der Waals surface area contributed by atoms with Gasteiger partial charge in [0.25, 0.3) is 0 Å². The van der Waals surface area contributed by atoms with Crippen LogP contribution in [-0.2, 0) is 0 Å². The number of hydrogen-bond donors (Lipinski definition) is 0. The van der Waals surface area contributed by atoms with E-state index in [9.17, 15) is 0 Å². The summed E-state index contributed by atoms with van der Waals surface area (Å²) < 4.78 is 0. The molecule has 0 nitrogen and oxygen atoms in total. The first kappa shape index (κ1) is 43.6. The van der Waals surface area contributed by atoms with Gasteiger partial charge in [0.2, 0.25) is 0 Å². The van der Waals surface area contributed by atoms with Crippen molar-refractivity contribution >= 4 is 23.6 Å². The fourth-order valence-electron chi connectivity index (χ4n) is 11.5. The van der Waals surface area contributed by atoms with Crippen molar-refractivity contribution in [3.05, 3.63) is 257 Å². The van der Waals surface area contributed by atoms with Crippen molar-refractivity contribution in [2.45, 2.75) is 48.5 Å². The number of benzene rings is 9. The normalized spacial score (nSPS) is 13.9. The van der Waals surface area contributed by atoms with E-state index in [1.807, 2.05) is 0 Å². The van der Waals surface area contributed by atoms with Crippen LogP contribution in [0, 0.1) is 26.7 Å². The van der Waals surface area contributed by atoms with E-state index in [4.69, 9.17) is 0 Å². The lowest BCUT2D eigenvalue weighted by Crippen LogP contribution is -2.72. The van der Waals surface area contributed by atoms with E-state index in [1.54, 1.807) is 5.20 Å². The molecule has 0 radical (unpaired) electrons. The molecule has 0 fully saturated rings. The lowest BCUT2D eigenvalue weighted by atomic mass is 9.95. The molecule has 0 bridgehead atoms. The molecule has 9 aromatic rings. The maximum atomic E-state index is 2.53. The molecule has 1 unspecified atom stereocenters. The van der Waals surface area contributed by atoms with Gasteiger partial charge in [0, 0.05) is 0 Å². The first-order chi connectivity index (χ1) is 32.7. The summed E-state index contributed by atoms with van der Waals surface area (Å²) in [5.74, 6) is 0.192. The molecule has 0 spiro atoms. The lowest BCUT2D eigenvalue weighted by Gasteiger charge is -2.45. The maximum Gasteiger partial charge on any atom is 0.179 e. The van der Waals surface area contributed by atoms with Crippen molar-refractivity contribution in [1.29, 1.82) is 0 Å². The van der Waals surface area contributed by atoms with Crippen LogP contribution >= 0.6 is 0 Å².